The number of carboxylic acid groups (broad SMARTS) is 1. The van der Waals surface area contributed by atoms with Gasteiger partial charge in [0.05, 0.1) is 16.5 Å². The van der Waals surface area contributed by atoms with E-state index in [4.69, 9.17) is 5.11 Å². The van der Waals surface area contributed by atoms with Crippen LogP contribution in [-0.2, 0) is 15.3 Å². The zero-order chi connectivity index (χ0) is 14.5. The monoisotopic (exact) mass is 302 g/mol. The van der Waals surface area contributed by atoms with Crippen LogP contribution >= 0.6 is 23.1 Å². The van der Waals surface area contributed by atoms with Gasteiger partial charge in [-0.15, -0.1) is 23.1 Å². The van der Waals surface area contributed by atoms with Gasteiger partial charge in [0.15, 0.2) is 0 Å². The molecule has 0 radical (unpaired) electrons. The van der Waals surface area contributed by atoms with E-state index in [1.54, 1.807) is 18.3 Å². The van der Waals surface area contributed by atoms with Crippen LogP contribution in [0.3, 0.4) is 0 Å². The van der Waals surface area contributed by atoms with Gasteiger partial charge in [-0.1, -0.05) is 6.92 Å². The molecule has 0 aliphatic carbocycles. The number of nitrogens with one attached hydrogen (secondary N) is 1. The van der Waals surface area contributed by atoms with Crippen LogP contribution in [0.5, 0.6) is 0 Å². The predicted molar refractivity (Wildman–Crippen MR) is 77.5 cm³/mol. The number of amides is 1. The van der Waals surface area contributed by atoms with Crippen molar-refractivity contribution < 1.29 is 14.7 Å². The van der Waals surface area contributed by atoms with Crippen molar-refractivity contribution in [3.63, 3.8) is 0 Å². The maximum Gasteiger partial charge on any atom is 0.329 e. The quantitative estimate of drug-likeness (QED) is 0.806. The molecule has 0 fully saturated rings. The number of aliphatic carboxylic acids is 1. The number of carbonyl (C=O) groups is 2. The smallest absolute Gasteiger partial charge is 0.329 e. The minimum absolute atomic E-state index is 0.236. The van der Waals surface area contributed by atoms with Crippen LogP contribution in [0.4, 0.5) is 0 Å². The number of hydrogen-bond acceptors (Lipinski definition) is 5. The van der Waals surface area contributed by atoms with E-state index in [9.17, 15) is 9.59 Å². The second-order valence-corrected chi connectivity index (χ2v) is 6.44. The fraction of sp³-hybridized carbons (Fsp3) is 0.583. The Labute approximate surface area is 120 Å². The van der Waals surface area contributed by atoms with Gasteiger partial charge in [-0.3, -0.25) is 4.79 Å². The highest BCUT2D eigenvalue weighted by Crippen LogP contribution is 2.16. The number of aryl methyl sites for hydroxylation is 1. The highest BCUT2D eigenvalue weighted by molar-refractivity contribution is 7.99. The Hall–Kier alpha value is -1.08. The van der Waals surface area contributed by atoms with E-state index in [-0.39, 0.29) is 11.7 Å². The number of carboxylic acids is 1. The number of thioether (sulfide) groups is 1. The molecule has 0 aromatic carbocycles. The Kier molecular flexibility index (Phi) is 5.81. The Morgan fingerprint density at radius 3 is 2.74 bits per heavy atom. The minimum Gasteiger partial charge on any atom is -0.480 e. The largest absolute Gasteiger partial charge is 0.480 e. The first-order valence-electron chi connectivity index (χ1n) is 5.90. The topological polar surface area (TPSA) is 79.3 Å². The lowest BCUT2D eigenvalue weighted by atomic mass is 9.99. The molecule has 5 nitrogen and oxygen atoms in total. The molecule has 1 aromatic heterocycles. The van der Waals surface area contributed by atoms with Crippen LogP contribution < -0.4 is 5.32 Å². The highest BCUT2D eigenvalue weighted by Gasteiger charge is 2.32. The number of carbonyl (C=O) groups excluding carboxylic acids is 1. The van der Waals surface area contributed by atoms with Crippen molar-refractivity contribution in [3.8, 4) is 0 Å². The van der Waals surface area contributed by atoms with Crippen molar-refractivity contribution in [1.82, 2.24) is 10.3 Å². The minimum atomic E-state index is -1.19. The SMILES string of the molecule is CCC(C)(NC(=O)CSCc1csc(C)n1)C(=O)O. The van der Waals surface area contributed by atoms with Crippen molar-refractivity contribution in [1.29, 1.82) is 0 Å². The Morgan fingerprint density at radius 2 is 2.26 bits per heavy atom. The summed E-state index contributed by atoms with van der Waals surface area (Å²) in [5, 5.41) is 14.6. The molecule has 0 saturated carbocycles. The second kappa shape index (κ2) is 6.91. The van der Waals surface area contributed by atoms with Crippen LogP contribution in [0.15, 0.2) is 5.38 Å². The predicted octanol–water partition coefficient (Wildman–Crippen LogP) is 2.05. The summed E-state index contributed by atoms with van der Waals surface area (Å²) in [5.74, 6) is -0.375. The van der Waals surface area contributed by atoms with Crippen molar-refractivity contribution in [2.24, 2.45) is 0 Å². The molecule has 7 heteroatoms. The normalized spacial score (nSPS) is 13.8. The average Bonchev–Trinajstić information content (AvgIpc) is 2.74. The summed E-state index contributed by atoms with van der Waals surface area (Å²) in [6.07, 6.45) is 0.351. The van der Waals surface area contributed by atoms with Gasteiger partial charge in [-0.25, -0.2) is 9.78 Å². The third kappa shape index (κ3) is 4.83. The van der Waals surface area contributed by atoms with Gasteiger partial charge < -0.3 is 10.4 Å². The standard InChI is InChI=1S/C12H18N2O3S2/c1-4-12(3,11(16)17)14-10(15)7-18-5-9-6-19-8(2)13-9/h6H,4-5,7H2,1-3H3,(H,14,15)(H,16,17). The lowest BCUT2D eigenvalue weighted by molar-refractivity contribution is -0.146. The molecule has 1 aromatic rings. The van der Waals surface area contributed by atoms with Crippen LogP contribution in [0.25, 0.3) is 0 Å². The third-order valence-corrected chi connectivity index (χ3v) is 4.53. The van der Waals surface area contributed by atoms with E-state index in [2.05, 4.69) is 10.3 Å². The summed E-state index contributed by atoms with van der Waals surface area (Å²) < 4.78 is 0. The molecule has 0 saturated heterocycles. The van der Waals surface area contributed by atoms with Crippen LogP contribution in [0.1, 0.15) is 31.0 Å². The van der Waals surface area contributed by atoms with Gasteiger partial charge in [-0.2, -0.15) is 0 Å². The first-order chi connectivity index (χ1) is 8.87. The molecule has 0 bridgehead atoms. The van der Waals surface area contributed by atoms with Crippen molar-refractivity contribution in [3.05, 3.63) is 16.1 Å². The Morgan fingerprint density at radius 1 is 1.58 bits per heavy atom. The third-order valence-electron chi connectivity index (χ3n) is 2.74. The lowest BCUT2D eigenvalue weighted by Crippen LogP contribution is -2.52. The van der Waals surface area contributed by atoms with Gasteiger partial charge in [0.2, 0.25) is 5.91 Å². The Bertz CT molecular complexity index is 462. The van der Waals surface area contributed by atoms with E-state index < -0.39 is 11.5 Å². The van der Waals surface area contributed by atoms with Crippen LogP contribution in [0.2, 0.25) is 0 Å². The molecule has 0 spiro atoms. The maximum atomic E-state index is 11.7. The second-order valence-electron chi connectivity index (χ2n) is 4.39. The van der Waals surface area contributed by atoms with Crippen LogP contribution in [0, 0.1) is 6.92 Å². The maximum absolute atomic E-state index is 11.7. The molecule has 1 unspecified atom stereocenters. The summed E-state index contributed by atoms with van der Waals surface area (Å²) in [7, 11) is 0. The summed E-state index contributed by atoms with van der Waals surface area (Å²) in [5.41, 5.74) is -0.230. The van der Waals surface area contributed by atoms with E-state index in [1.165, 1.54) is 18.7 Å². The zero-order valence-corrected chi connectivity index (χ0v) is 12.9. The highest BCUT2D eigenvalue weighted by atomic mass is 32.2. The van der Waals surface area contributed by atoms with Crippen molar-refractivity contribution in [2.45, 2.75) is 38.5 Å². The van der Waals surface area contributed by atoms with E-state index >= 15 is 0 Å². The van der Waals surface area contributed by atoms with Crippen LogP contribution in [-0.4, -0.2) is 33.3 Å². The van der Waals surface area contributed by atoms with E-state index in [1.807, 2.05) is 12.3 Å². The summed E-state index contributed by atoms with van der Waals surface area (Å²) in [6.45, 7) is 5.19. The zero-order valence-electron chi connectivity index (χ0n) is 11.2. The van der Waals surface area contributed by atoms with E-state index in [0.717, 1.165) is 10.7 Å². The molecule has 1 rings (SSSR count). The summed E-state index contributed by atoms with van der Waals surface area (Å²) in [6, 6.07) is 0. The fourth-order valence-electron chi connectivity index (χ4n) is 1.36. The van der Waals surface area contributed by atoms with Gasteiger partial charge in [0, 0.05) is 11.1 Å². The summed E-state index contributed by atoms with van der Waals surface area (Å²) in [4.78, 5) is 27.1. The number of aromatic nitrogens is 1. The number of rotatable bonds is 7. The molecule has 0 aliphatic heterocycles. The molecule has 1 heterocycles. The molecule has 19 heavy (non-hydrogen) atoms. The first kappa shape index (κ1) is 16.0. The van der Waals surface area contributed by atoms with Gasteiger partial charge in [-0.05, 0) is 20.3 Å². The molecule has 2 N–H and O–H groups in total. The number of thiazole rings is 1. The molecule has 106 valence electrons. The molecule has 0 aliphatic rings. The van der Waals surface area contributed by atoms with Gasteiger partial charge >= 0.3 is 5.97 Å². The number of nitrogens with zero attached hydrogens (tertiary/aromatic N) is 1. The lowest BCUT2D eigenvalue weighted by Gasteiger charge is -2.24. The van der Waals surface area contributed by atoms with Gasteiger partial charge in [0.1, 0.15) is 5.54 Å². The fourth-order valence-corrected chi connectivity index (χ4v) is 2.79. The van der Waals surface area contributed by atoms with E-state index in [0.29, 0.717) is 12.2 Å². The van der Waals surface area contributed by atoms with Gasteiger partial charge in [0.25, 0.3) is 0 Å². The molecule has 1 atom stereocenters. The van der Waals surface area contributed by atoms with Crippen molar-refractivity contribution >= 4 is 35.0 Å². The first-order valence-corrected chi connectivity index (χ1v) is 7.94. The summed E-state index contributed by atoms with van der Waals surface area (Å²) >= 11 is 3.01. The van der Waals surface area contributed by atoms with Crippen molar-refractivity contribution in [2.75, 3.05) is 5.75 Å². The molecular formula is C12H18N2O3S2. The Balaban J connectivity index is 2.37. The average molecular weight is 302 g/mol. The number of hydrogen-bond donors (Lipinski definition) is 2. The molecular weight excluding hydrogens is 284 g/mol. The molecule has 1 amide bonds.